The van der Waals surface area contributed by atoms with E-state index in [1.165, 1.54) is 12.8 Å². The number of sulfonamides is 1. The molecule has 1 fully saturated rings. The van der Waals surface area contributed by atoms with Gasteiger partial charge in [-0.15, -0.1) is 0 Å². The molecule has 0 aliphatic heterocycles. The topological polar surface area (TPSA) is 80.3 Å². The van der Waals surface area contributed by atoms with Crippen LogP contribution >= 0.6 is 0 Å². The van der Waals surface area contributed by atoms with Crippen LogP contribution in [0.15, 0.2) is 23.4 Å². The van der Waals surface area contributed by atoms with Gasteiger partial charge in [0.1, 0.15) is 0 Å². The highest BCUT2D eigenvalue weighted by Crippen LogP contribution is 2.19. The first kappa shape index (κ1) is 16.4. The smallest absolute Gasteiger partial charge is 0.258 e. The van der Waals surface area contributed by atoms with Crippen LogP contribution in [0.2, 0.25) is 0 Å². The Balaban J connectivity index is 1.89. The fourth-order valence-electron chi connectivity index (χ4n) is 1.89. The minimum Gasteiger partial charge on any atom is -0.384 e. The Kier molecular flexibility index (Phi) is 5.69. The maximum Gasteiger partial charge on any atom is 0.258 e. The predicted octanol–water partition coefficient (Wildman–Crippen LogP) is 0.894. The molecule has 1 saturated carbocycles. The first-order valence-electron chi connectivity index (χ1n) is 7.18. The lowest BCUT2D eigenvalue weighted by Gasteiger charge is -2.11. The van der Waals surface area contributed by atoms with Gasteiger partial charge in [0.15, 0.2) is 5.03 Å². The molecule has 21 heavy (non-hydrogen) atoms. The lowest BCUT2D eigenvalue weighted by molar-refractivity contribution is 0.161. The summed E-state index contributed by atoms with van der Waals surface area (Å²) in [7, 11) is -1.95. The summed E-state index contributed by atoms with van der Waals surface area (Å²) in [6, 6.07) is 3.97. The van der Waals surface area contributed by atoms with Gasteiger partial charge in [-0.2, -0.15) is 0 Å². The van der Waals surface area contributed by atoms with Crippen LogP contribution in [0, 0.1) is 5.92 Å². The molecule has 2 rings (SSSR count). The fraction of sp³-hybridized carbons (Fsp3) is 0.643. The number of methoxy groups -OCH3 is 1. The van der Waals surface area contributed by atoms with Crippen molar-refractivity contribution in [3.63, 3.8) is 0 Å². The van der Waals surface area contributed by atoms with Gasteiger partial charge in [-0.05, 0) is 30.4 Å². The van der Waals surface area contributed by atoms with E-state index in [9.17, 15) is 8.42 Å². The summed E-state index contributed by atoms with van der Waals surface area (Å²) < 4.78 is 31.7. The molecule has 1 aliphatic carbocycles. The molecule has 1 aliphatic rings. The predicted molar refractivity (Wildman–Crippen MR) is 80.3 cm³/mol. The van der Waals surface area contributed by atoms with Gasteiger partial charge in [-0.3, -0.25) is 0 Å². The molecule has 118 valence electrons. The Labute approximate surface area is 126 Å². The van der Waals surface area contributed by atoms with E-state index in [4.69, 9.17) is 4.74 Å². The number of ether oxygens (including phenoxy) is 1. The van der Waals surface area contributed by atoms with E-state index in [2.05, 4.69) is 15.0 Å². The molecule has 7 heteroatoms. The molecular weight excluding hydrogens is 290 g/mol. The molecule has 0 amide bonds. The lowest BCUT2D eigenvalue weighted by Crippen LogP contribution is -2.30. The van der Waals surface area contributed by atoms with Gasteiger partial charge in [-0.1, -0.05) is 13.0 Å². The van der Waals surface area contributed by atoms with E-state index in [0.717, 1.165) is 12.1 Å². The van der Waals surface area contributed by atoms with Crippen molar-refractivity contribution >= 4 is 10.0 Å². The van der Waals surface area contributed by atoms with Crippen LogP contribution in [0.25, 0.3) is 0 Å². The fourth-order valence-corrected chi connectivity index (χ4v) is 2.98. The molecule has 0 saturated heterocycles. The SMILES string of the molecule is COCC(C)CNS(=O)(=O)c1ccc(CNC2CC2)cn1. The maximum absolute atomic E-state index is 12.1. The average molecular weight is 313 g/mol. The molecule has 1 aromatic rings. The van der Waals surface area contributed by atoms with Gasteiger partial charge in [0.2, 0.25) is 0 Å². The summed E-state index contributed by atoms with van der Waals surface area (Å²) >= 11 is 0. The number of nitrogens with zero attached hydrogens (tertiary/aromatic N) is 1. The van der Waals surface area contributed by atoms with Crippen LogP contribution in [-0.2, 0) is 21.3 Å². The lowest BCUT2D eigenvalue weighted by atomic mass is 10.2. The number of hydrogen-bond acceptors (Lipinski definition) is 5. The molecule has 1 heterocycles. The van der Waals surface area contributed by atoms with E-state index in [1.807, 2.05) is 6.92 Å². The molecule has 0 radical (unpaired) electrons. The average Bonchev–Trinajstić information content (AvgIpc) is 3.28. The molecule has 0 spiro atoms. The second kappa shape index (κ2) is 7.31. The third kappa shape index (κ3) is 5.35. The van der Waals surface area contributed by atoms with Crippen LogP contribution in [0.5, 0.6) is 0 Å². The van der Waals surface area contributed by atoms with Crippen LogP contribution in [0.3, 0.4) is 0 Å². The van der Waals surface area contributed by atoms with E-state index in [0.29, 0.717) is 19.2 Å². The molecule has 2 N–H and O–H groups in total. The van der Waals surface area contributed by atoms with Crippen molar-refractivity contribution in [1.29, 1.82) is 0 Å². The Bertz CT molecular complexity index is 541. The van der Waals surface area contributed by atoms with Crippen LogP contribution in [-0.4, -0.2) is 39.7 Å². The standard InChI is InChI=1S/C14H23N3O3S/c1-11(10-20-2)7-17-21(18,19)14-6-3-12(9-16-14)8-15-13-4-5-13/h3,6,9,11,13,15,17H,4-5,7-8,10H2,1-2H3. The molecule has 0 aromatic carbocycles. The monoisotopic (exact) mass is 313 g/mol. The normalized spacial score (nSPS) is 16.9. The summed E-state index contributed by atoms with van der Waals surface area (Å²) in [5, 5.41) is 3.42. The highest BCUT2D eigenvalue weighted by Gasteiger charge is 2.20. The number of rotatable bonds is 9. The van der Waals surface area contributed by atoms with Crippen molar-refractivity contribution in [2.75, 3.05) is 20.3 Å². The van der Waals surface area contributed by atoms with Crippen molar-refractivity contribution in [2.24, 2.45) is 5.92 Å². The summed E-state index contributed by atoms with van der Waals surface area (Å²) in [5.41, 5.74) is 0.994. The molecule has 1 atom stereocenters. The van der Waals surface area contributed by atoms with E-state index in [-0.39, 0.29) is 10.9 Å². The zero-order chi connectivity index (χ0) is 15.3. The molecule has 0 bridgehead atoms. The Morgan fingerprint density at radius 1 is 1.43 bits per heavy atom. The second-order valence-electron chi connectivity index (χ2n) is 5.57. The number of pyridine rings is 1. The zero-order valence-corrected chi connectivity index (χ0v) is 13.3. The number of aromatic nitrogens is 1. The van der Waals surface area contributed by atoms with E-state index < -0.39 is 10.0 Å². The van der Waals surface area contributed by atoms with Crippen LogP contribution < -0.4 is 10.0 Å². The highest BCUT2D eigenvalue weighted by atomic mass is 32.2. The van der Waals surface area contributed by atoms with Crippen LogP contribution in [0.4, 0.5) is 0 Å². The summed E-state index contributed by atoms with van der Waals surface area (Å²) in [4.78, 5) is 4.05. The molecule has 1 unspecified atom stereocenters. The Morgan fingerprint density at radius 3 is 2.76 bits per heavy atom. The van der Waals surface area contributed by atoms with E-state index >= 15 is 0 Å². The first-order valence-corrected chi connectivity index (χ1v) is 8.66. The second-order valence-corrected chi connectivity index (χ2v) is 7.29. The maximum atomic E-state index is 12.1. The van der Waals surface area contributed by atoms with Gasteiger partial charge in [0, 0.05) is 39.0 Å². The number of nitrogens with one attached hydrogen (secondary N) is 2. The summed E-state index contributed by atoms with van der Waals surface area (Å²) in [6.07, 6.45) is 4.06. The van der Waals surface area contributed by atoms with Gasteiger partial charge in [-0.25, -0.2) is 18.1 Å². The van der Waals surface area contributed by atoms with Gasteiger partial charge >= 0.3 is 0 Å². The van der Waals surface area contributed by atoms with Crippen molar-refractivity contribution in [2.45, 2.75) is 37.4 Å². The minimum absolute atomic E-state index is 0.0577. The summed E-state index contributed by atoms with van der Waals surface area (Å²) in [6.45, 7) is 3.51. The van der Waals surface area contributed by atoms with Gasteiger partial charge in [0.25, 0.3) is 10.0 Å². The highest BCUT2D eigenvalue weighted by molar-refractivity contribution is 7.89. The van der Waals surface area contributed by atoms with Crippen molar-refractivity contribution in [1.82, 2.24) is 15.0 Å². The van der Waals surface area contributed by atoms with Crippen molar-refractivity contribution in [3.05, 3.63) is 23.9 Å². The minimum atomic E-state index is -3.55. The quantitative estimate of drug-likeness (QED) is 0.708. The molecule has 6 nitrogen and oxygen atoms in total. The Morgan fingerprint density at radius 2 is 2.19 bits per heavy atom. The van der Waals surface area contributed by atoms with Gasteiger partial charge in [0.05, 0.1) is 0 Å². The third-order valence-electron chi connectivity index (χ3n) is 3.32. The van der Waals surface area contributed by atoms with Crippen molar-refractivity contribution in [3.8, 4) is 0 Å². The first-order chi connectivity index (χ1) is 10.0. The third-order valence-corrected chi connectivity index (χ3v) is 4.66. The molecule has 1 aromatic heterocycles. The van der Waals surface area contributed by atoms with Gasteiger partial charge < -0.3 is 10.1 Å². The Hall–Kier alpha value is -1.02. The summed E-state index contributed by atoms with van der Waals surface area (Å²) in [5.74, 6) is 0.117. The molecular formula is C14H23N3O3S. The van der Waals surface area contributed by atoms with E-state index in [1.54, 1.807) is 25.4 Å². The van der Waals surface area contributed by atoms with Crippen LogP contribution in [0.1, 0.15) is 25.3 Å². The van der Waals surface area contributed by atoms with Crippen molar-refractivity contribution < 1.29 is 13.2 Å². The largest absolute Gasteiger partial charge is 0.384 e. The number of hydrogen-bond donors (Lipinski definition) is 2. The zero-order valence-electron chi connectivity index (χ0n) is 12.5.